The molecule has 160 valence electrons. The third-order valence-corrected chi connectivity index (χ3v) is 5.79. The first-order chi connectivity index (χ1) is 13.2. The van der Waals surface area contributed by atoms with E-state index in [4.69, 9.17) is 9.47 Å². The number of carbonyl (C=O) groups is 2. The van der Waals surface area contributed by atoms with Gasteiger partial charge in [0.2, 0.25) is 0 Å². The van der Waals surface area contributed by atoms with Gasteiger partial charge in [0.1, 0.15) is 13.2 Å². The average Bonchev–Trinajstić information content (AvgIpc) is 3.46. The fraction of sp³-hybridized carbons (Fsp3) is 0.900. The second kappa shape index (κ2) is 8.86. The van der Waals surface area contributed by atoms with Crippen LogP contribution in [0.4, 0.5) is 9.59 Å². The van der Waals surface area contributed by atoms with Crippen molar-refractivity contribution in [1.82, 2.24) is 20.4 Å². The Kier molecular flexibility index (Phi) is 6.70. The van der Waals surface area contributed by atoms with Crippen molar-refractivity contribution >= 4 is 12.2 Å². The Hall–Kier alpha value is -1.54. The smallest absolute Gasteiger partial charge is 0.407 e. The normalized spacial score (nSPS) is 29.0. The molecule has 2 saturated heterocycles. The van der Waals surface area contributed by atoms with E-state index in [1.165, 1.54) is 0 Å². The molecule has 3 aliphatic rings. The second-order valence-electron chi connectivity index (χ2n) is 9.71. The lowest BCUT2D eigenvalue weighted by Gasteiger charge is -2.46. The van der Waals surface area contributed by atoms with Crippen LogP contribution in [0.15, 0.2) is 0 Å². The minimum atomic E-state index is -0.356. The third kappa shape index (κ3) is 7.47. The molecule has 8 heteroatoms. The molecule has 2 aliphatic heterocycles. The Morgan fingerprint density at radius 3 is 2.07 bits per heavy atom. The van der Waals surface area contributed by atoms with Gasteiger partial charge in [-0.2, -0.15) is 0 Å². The zero-order valence-corrected chi connectivity index (χ0v) is 17.6. The molecule has 0 radical (unpaired) electrons. The standard InChI is InChI=1S/C20H36N4O4/c1-19(2)12-16(22-18(26)28-11-9-24-6-7-24)13-20(3,14-19)15-21-17(25)27-10-8-23-4-5-23/h16H,4-15H2,1-3H3,(H,21,25)(H,22,26). The Balaban J connectivity index is 1.41. The van der Waals surface area contributed by atoms with E-state index in [1.807, 2.05) is 0 Å². The van der Waals surface area contributed by atoms with Gasteiger partial charge < -0.3 is 20.1 Å². The Bertz CT molecular complexity index is 562. The van der Waals surface area contributed by atoms with Gasteiger partial charge >= 0.3 is 12.2 Å². The third-order valence-electron chi connectivity index (χ3n) is 5.79. The van der Waals surface area contributed by atoms with Crippen LogP contribution in [0.3, 0.4) is 0 Å². The first-order valence-electron chi connectivity index (χ1n) is 10.5. The van der Waals surface area contributed by atoms with E-state index in [2.05, 4.69) is 41.2 Å². The van der Waals surface area contributed by atoms with E-state index in [-0.39, 0.29) is 29.1 Å². The lowest BCUT2D eigenvalue weighted by Crippen LogP contribution is -2.50. The fourth-order valence-corrected chi connectivity index (χ4v) is 4.54. The van der Waals surface area contributed by atoms with Crippen molar-refractivity contribution in [1.29, 1.82) is 0 Å². The number of nitrogens with one attached hydrogen (secondary N) is 2. The largest absolute Gasteiger partial charge is 0.448 e. The second-order valence-corrected chi connectivity index (χ2v) is 9.71. The summed E-state index contributed by atoms with van der Waals surface area (Å²) in [6.45, 7) is 14.0. The molecule has 3 fully saturated rings. The molecule has 28 heavy (non-hydrogen) atoms. The highest BCUT2D eigenvalue weighted by Crippen LogP contribution is 2.45. The fourth-order valence-electron chi connectivity index (χ4n) is 4.54. The van der Waals surface area contributed by atoms with Gasteiger partial charge in [-0.15, -0.1) is 0 Å². The van der Waals surface area contributed by atoms with Gasteiger partial charge in [-0.3, -0.25) is 9.80 Å². The maximum Gasteiger partial charge on any atom is 0.407 e. The number of nitrogens with zero attached hydrogens (tertiary/aromatic N) is 2. The van der Waals surface area contributed by atoms with Gasteiger partial charge in [0.05, 0.1) is 0 Å². The molecule has 2 atom stereocenters. The summed E-state index contributed by atoms with van der Waals surface area (Å²) < 4.78 is 10.6. The van der Waals surface area contributed by atoms with Crippen LogP contribution in [0.25, 0.3) is 0 Å². The summed E-state index contributed by atoms with van der Waals surface area (Å²) in [4.78, 5) is 28.6. The van der Waals surface area contributed by atoms with E-state index in [1.54, 1.807) is 0 Å². The molecule has 1 saturated carbocycles. The highest BCUT2D eigenvalue weighted by Gasteiger charge is 2.42. The molecule has 0 aromatic carbocycles. The highest BCUT2D eigenvalue weighted by molar-refractivity contribution is 5.68. The lowest BCUT2D eigenvalue weighted by molar-refractivity contribution is 0.0619. The first kappa shape index (κ1) is 21.2. The summed E-state index contributed by atoms with van der Waals surface area (Å²) in [7, 11) is 0. The molecule has 0 bridgehead atoms. The SMILES string of the molecule is CC1(C)CC(NC(=O)OCCN2CC2)CC(C)(CNC(=O)OCCN2CC2)C1. The van der Waals surface area contributed by atoms with Crippen molar-refractivity contribution < 1.29 is 19.1 Å². The van der Waals surface area contributed by atoms with Crippen LogP contribution in [0.5, 0.6) is 0 Å². The number of rotatable bonds is 9. The molecule has 0 aromatic heterocycles. The summed E-state index contributed by atoms with van der Waals surface area (Å²) in [5, 5.41) is 5.96. The molecule has 2 N–H and O–H groups in total. The number of amides is 2. The minimum absolute atomic E-state index is 0.0444. The van der Waals surface area contributed by atoms with Gasteiger partial charge in [-0.25, -0.2) is 9.59 Å². The summed E-state index contributed by atoms with van der Waals surface area (Å²) >= 11 is 0. The number of hydrogen-bond acceptors (Lipinski definition) is 6. The molecule has 0 spiro atoms. The van der Waals surface area contributed by atoms with E-state index in [9.17, 15) is 9.59 Å². The summed E-state index contributed by atoms with van der Waals surface area (Å²) in [5.74, 6) is 0. The van der Waals surface area contributed by atoms with E-state index in [0.29, 0.717) is 19.8 Å². The number of ether oxygens (including phenoxy) is 2. The highest BCUT2D eigenvalue weighted by atomic mass is 16.6. The summed E-state index contributed by atoms with van der Waals surface area (Å²) in [6.07, 6.45) is 2.01. The predicted octanol–water partition coefficient (Wildman–Crippen LogP) is 1.66. The van der Waals surface area contributed by atoms with Crippen molar-refractivity contribution in [3.63, 3.8) is 0 Å². The molecule has 8 nitrogen and oxygen atoms in total. The van der Waals surface area contributed by atoms with Crippen molar-refractivity contribution in [3.05, 3.63) is 0 Å². The van der Waals surface area contributed by atoms with Crippen LogP contribution in [0, 0.1) is 10.8 Å². The number of carbonyl (C=O) groups excluding carboxylic acids is 2. The van der Waals surface area contributed by atoms with Crippen LogP contribution in [0.1, 0.15) is 40.0 Å². The Labute approximate surface area is 168 Å². The molecule has 1 aliphatic carbocycles. The van der Waals surface area contributed by atoms with Crippen LogP contribution in [-0.4, -0.2) is 87.1 Å². The molecule has 3 rings (SSSR count). The van der Waals surface area contributed by atoms with Crippen LogP contribution < -0.4 is 10.6 Å². The van der Waals surface area contributed by atoms with Crippen LogP contribution in [-0.2, 0) is 9.47 Å². The Morgan fingerprint density at radius 2 is 1.50 bits per heavy atom. The number of alkyl carbamates (subject to hydrolysis) is 2. The quantitative estimate of drug-likeness (QED) is 0.577. The number of hydrogen-bond donors (Lipinski definition) is 2. The summed E-state index contributed by atoms with van der Waals surface area (Å²) in [6, 6.07) is 0.0444. The van der Waals surface area contributed by atoms with Crippen LogP contribution >= 0.6 is 0 Å². The topological polar surface area (TPSA) is 82.7 Å². The van der Waals surface area contributed by atoms with Gasteiger partial charge in [0, 0.05) is 51.9 Å². The maximum atomic E-state index is 12.1. The van der Waals surface area contributed by atoms with Crippen molar-refractivity contribution in [2.24, 2.45) is 10.8 Å². The zero-order valence-electron chi connectivity index (χ0n) is 17.6. The van der Waals surface area contributed by atoms with Gasteiger partial charge in [0.15, 0.2) is 0 Å². The van der Waals surface area contributed by atoms with Crippen molar-refractivity contribution in [2.75, 3.05) is 59.0 Å². The van der Waals surface area contributed by atoms with E-state index < -0.39 is 0 Å². The molecule has 0 aromatic rings. The van der Waals surface area contributed by atoms with Gasteiger partial charge in [0.25, 0.3) is 0 Å². The molecule has 2 heterocycles. The average molecular weight is 397 g/mol. The monoisotopic (exact) mass is 396 g/mol. The zero-order chi connectivity index (χ0) is 20.2. The molecule has 2 amide bonds. The lowest BCUT2D eigenvalue weighted by atomic mass is 9.62. The van der Waals surface area contributed by atoms with Crippen LogP contribution in [0.2, 0.25) is 0 Å². The van der Waals surface area contributed by atoms with E-state index in [0.717, 1.165) is 58.5 Å². The molecule has 2 unspecified atom stereocenters. The van der Waals surface area contributed by atoms with Crippen molar-refractivity contribution in [2.45, 2.75) is 46.1 Å². The van der Waals surface area contributed by atoms with Gasteiger partial charge in [-0.05, 0) is 30.1 Å². The van der Waals surface area contributed by atoms with E-state index >= 15 is 0 Å². The Morgan fingerprint density at radius 1 is 0.929 bits per heavy atom. The van der Waals surface area contributed by atoms with Crippen molar-refractivity contribution in [3.8, 4) is 0 Å². The van der Waals surface area contributed by atoms with Gasteiger partial charge in [-0.1, -0.05) is 20.8 Å². The molecular weight excluding hydrogens is 360 g/mol. The minimum Gasteiger partial charge on any atom is -0.448 e. The maximum absolute atomic E-state index is 12.1. The first-order valence-corrected chi connectivity index (χ1v) is 10.5. The molecular formula is C20H36N4O4. The summed E-state index contributed by atoms with van der Waals surface area (Å²) in [5.41, 5.74) is -0.0199. The predicted molar refractivity (Wildman–Crippen MR) is 106 cm³/mol.